The van der Waals surface area contributed by atoms with Gasteiger partial charge < -0.3 is 14.7 Å². The zero-order valence-electron chi connectivity index (χ0n) is 13.4. The Morgan fingerprint density at radius 1 is 1.21 bits per heavy atom. The van der Waals surface area contributed by atoms with E-state index in [1.807, 2.05) is 48.5 Å². The Hall–Kier alpha value is -3.02. The number of fused-ring (bicyclic) bond motifs is 1. The summed E-state index contributed by atoms with van der Waals surface area (Å²) in [6.07, 6.45) is -0.398. The number of hydrogen-bond donors (Lipinski definition) is 2. The van der Waals surface area contributed by atoms with Gasteiger partial charge in [-0.15, -0.1) is 0 Å². The molecule has 2 aromatic carbocycles. The van der Waals surface area contributed by atoms with Crippen LogP contribution in [0.15, 0.2) is 48.5 Å². The van der Waals surface area contributed by atoms with Crippen molar-refractivity contribution in [3.8, 4) is 5.75 Å². The third-order valence-electron chi connectivity index (χ3n) is 3.88. The predicted octanol–water partition coefficient (Wildman–Crippen LogP) is 3.29. The van der Waals surface area contributed by atoms with Crippen LogP contribution >= 0.6 is 0 Å². The van der Waals surface area contributed by atoms with Crippen LogP contribution in [0.1, 0.15) is 11.3 Å². The van der Waals surface area contributed by atoms with E-state index in [9.17, 15) is 4.79 Å². The van der Waals surface area contributed by atoms with Crippen molar-refractivity contribution in [2.75, 3.05) is 13.6 Å². The highest BCUT2D eigenvalue weighted by atomic mass is 16.5. The van der Waals surface area contributed by atoms with E-state index in [1.54, 1.807) is 7.05 Å². The first-order valence-electron chi connectivity index (χ1n) is 7.72. The molecule has 2 N–H and O–H groups in total. The lowest BCUT2D eigenvalue weighted by atomic mass is 10.1. The molecule has 1 aromatic heterocycles. The predicted molar refractivity (Wildman–Crippen MR) is 91.2 cm³/mol. The number of benzene rings is 2. The molecule has 3 rings (SSSR count). The minimum absolute atomic E-state index is 0.389. The first kappa shape index (κ1) is 15.9. The quantitative estimate of drug-likeness (QED) is 0.729. The minimum Gasteiger partial charge on any atom is -0.488 e. The van der Waals surface area contributed by atoms with Gasteiger partial charge in [0, 0.05) is 25.7 Å². The van der Waals surface area contributed by atoms with Crippen molar-refractivity contribution in [2.24, 2.45) is 0 Å². The summed E-state index contributed by atoms with van der Waals surface area (Å²) >= 11 is 0. The van der Waals surface area contributed by atoms with Crippen molar-refractivity contribution in [2.45, 2.75) is 13.0 Å². The van der Waals surface area contributed by atoms with Gasteiger partial charge in [0.05, 0.1) is 10.9 Å². The first-order valence-corrected chi connectivity index (χ1v) is 7.72. The molecule has 6 heteroatoms. The number of carbonyl (C=O) groups is 1. The topological polar surface area (TPSA) is 78.5 Å². The average molecular weight is 325 g/mol. The van der Waals surface area contributed by atoms with Crippen molar-refractivity contribution >= 4 is 17.0 Å². The Balaban J connectivity index is 1.80. The average Bonchev–Trinajstić information content (AvgIpc) is 3.02. The summed E-state index contributed by atoms with van der Waals surface area (Å²) in [5, 5.41) is 17.2. The molecule has 0 radical (unpaired) electrons. The summed E-state index contributed by atoms with van der Waals surface area (Å²) in [7, 11) is 1.55. The van der Waals surface area contributed by atoms with E-state index in [0.29, 0.717) is 19.6 Å². The van der Waals surface area contributed by atoms with Gasteiger partial charge in [-0.05, 0) is 17.7 Å². The molecule has 124 valence electrons. The van der Waals surface area contributed by atoms with Gasteiger partial charge in [0.25, 0.3) is 0 Å². The van der Waals surface area contributed by atoms with E-state index in [1.165, 1.54) is 4.90 Å². The molecule has 0 aliphatic carbocycles. The number of amides is 1. The highest BCUT2D eigenvalue weighted by molar-refractivity contribution is 5.87. The van der Waals surface area contributed by atoms with E-state index < -0.39 is 6.09 Å². The molecule has 0 saturated carbocycles. The van der Waals surface area contributed by atoms with E-state index in [4.69, 9.17) is 9.84 Å². The molecule has 3 aromatic rings. The Kier molecular flexibility index (Phi) is 4.65. The first-order chi connectivity index (χ1) is 11.6. The van der Waals surface area contributed by atoms with Gasteiger partial charge in [0.1, 0.15) is 12.4 Å². The maximum atomic E-state index is 10.9. The van der Waals surface area contributed by atoms with E-state index in [-0.39, 0.29) is 0 Å². The smallest absolute Gasteiger partial charge is 0.407 e. The molecule has 1 amide bonds. The van der Waals surface area contributed by atoms with Crippen molar-refractivity contribution in [3.63, 3.8) is 0 Å². The summed E-state index contributed by atoms with van der Waals surface area (Å²) in [6.45, 7) is 0.860. The second-order valence-electron chi connectivity index (χ2n) is 5.58. The zero-order valence-corrected chi connectivity index (χ0v) is 13.4. The van der Waals surface area contributed by atoms with Crippen LogP contribution in [0, 0.1) is 0 Å². The number of ether oxygens (including phenoxy) is 1. The number of likely N-dealkylation sites (N-methyl/N-ethyl adjacent to an activating group) is 1. The summed E-state index contributed by atoms with van der Waals surface area (Å²) in [5.41, 5.74) is 2.78. The molecule has 24 heavy (non-hydrogen) atoms. The molecule has 1 heterocycles. The van der Waals surface area contributed by atoms with E-state index >= 15 is 0 Å². The van der Waals surface area contributed by atoms with Crippen LogP contribution in [-0.2, 0) is 13.0 Å². The van der Waals surface area contributed by atoms with Crippen LogP contribution < -0.4 is 4.74 Å². The van der Waals surface area contributed by atoms with Gasteiger partial charge in [0.15, 0.2) is 0 Å². The normalized spacial score (nSPS) is 10.7. The van der Waals surface area contributed by atoms with E-state index in [0.717, 1.165) is 27.9 Å². The minimum atomic E-state index is -0.945. The molecule has 0 spiro atoms. The highest BCUT2D eigenvalue weighted by Gasteiger charge is 2.13. The summed E-state index contributed by atoms with van der Waals surface area (Å²) in [5.74, 6) is 0.748. The Labute approximate surface area is 139 Å². The van der Waals surface area contributed by atoms with Crippen LogP contribution in [0.5, 0.6) is 5.75 Å². The third-order valence-corrected chi connectivity index (χ3v) is 3.88. The van der Waals surface area contributed by atoms with Gasteiger partial charge >= 0.3 is 6.09 Å². The molecule has 0 bridgehead atoms. The second-order valence-corrected chi connectivity index (χ2v) is 5.58. The van der Waals surface area contributed by atoms with Crippen molar-refractivity contribution in [1.29, 1.82) is 0 Å². The van der Waals surface area contributed by atoms with Gasteiger partial charge in [-0.1, -0.05) is 36.4 Å². The standard InChI is InChI=1S/C18H19N3O3/c1-21(18(22)23)11-10-15-17-14(19-20-15)8-5-9-16(17)24-12-13-6-3-2-4-7-13/h2-9H,10-12H2,1H3,(H,19,20)(H,22,23). The molecule has 0 aliphatic heterocycles. The van der Waals surface area contributed by atoms with Crippen molar-refractivity contribution in [3.05, 3.63) is 59.8 Å². The molecule has 0 aliphatic rings. The van der Waals surface area contributed by atoms with Crippen molar-refractivity contribution < 1.29 is 14.6 Å². The number of nitrogens with one attached hydrogen (secondary N) is 1. The molecule has 0 fully saturated rings. The number of aromatic amines is 1. The van der Waals surface area contributed by atoms with Gasteiger partial charge in [-0.25, -0.2) is 4.79 Å². The summed E-state index contributed by atoms with van der Waals surface area (Å²) in [4.78, 5) is 12.2. The van der Waals surface area contributed by atoms with Crippen LogP contribution in [0.3, 0.4) is 0 Å². The Bertz CT molecular complexity index is 830. The van der Waals surface area contributed by atoms with Gasteiger partial charge in [-0.2, -0.15) is 5.10 Å². The number of aromatic nitrogens is 2. The number of hydrogen-bond acceptors (Lipinski definition) is 3. The lowest BCUT2D eigenvalue weighted by Gasteiger charge is -2.12. The van der Waals surface area contributed by atoms with Crippen LogP contribution in [-0.4, -0.2) is 39.9 Å². The Morgan fingerprint density at radius 2 is 2.00 bits per heavy atom. The molecule has 0 saturated heterocycles. The maximum absolute atomic E-state index is 10.9. The largest absolute Gasteiger partial charge is 0.488 e. The van der Waals surface area contributed by atoms with Crippen LogP contribution in [0.2, 0.25) is 0 Å². The second kappa shape index (κ2) is 7.04. The number of rotatable bonds is 6. The lowest BCUT2D eigenvalue weighted by molar-refractivity contribution is 0.156. The fraction of sp³-hybridized carbons (Fsp3) is 0.222. The molecular formula is C18H19N3O3. The van der Waals surface area contributed by atoms with Gasteiger partial charge in [0.2, 0.25) is 0 Å². The van der Waals surface area contributed by atoms with Gasteiger partial charge in [-0.3, -0.25) is 5.10 Å². The Morgan fingerprint density at radius 3 is 2.75 bits per heavy atom. The van der Waals surface area contributed by atoms with Crippen molar-refractivity contribution in [1.82, 2.24) is 15.1 Å². The fourth-order valence-electron chi connectivity index (χ4n) is 2.51. The molecule has 0 unspecified atom stereocenters. The van der Waals surface area contributed by atoms with E-state index in [2.05, 4.69) is 10.2 Å². The monoisotopic (exact) mass is 325 g/mol. The van der Waals surface area contributed by atoms with Crippen LogP contribution in [0.25, 0.3) is 10.9 Å². The molecular weight excluding hydrogens is 306 g/mol. The zero-order chi connectivity index (χ0) is 16.9. The number of nitrogens with zero attached hydrogens (tertiary/aromatic N) is 2. The summed E-state index contributed by atoms with van der Waals surface area (Å²) < 4.78 is 5.97. The lowest BCUT2D eigenvalue weighted by Crippen LogP contribution is -2.26. The number of H-pyrrole nitrogens is 1. The maximum Gasteiger partial charge on any atom is 0.407 e. The fourth-order valence-corrected chi connectivity index (χ4v) is 2.51. The SMILES string of the molecule is CN(CCc1[nH]nc2cccc(OCc3ccccc3)c12)C(=O)O. The molecule has 0 atom stereocenters. The molecule has 6 nitrogen and oxygen atoms in total. The highest BCUT2D eigenvalue weighted by Crippen LogP contribution is 2.28. The third kappa shape index (κ3) is 3.48. The van der Waals surface area contributed by atoms with Crippen LogP contribution in [0.4, 0.5) is 4.79 Å². The summed E-state index contributed by atoms with van der Waals surface area (Å²) in [6, 6.07) is 15.7. The number of carboxylic acid groups (broad SMARTS) is 1.